The van der Waals surface area contributed by atoms with Crippen molar-refractivity contribution in [1.29, 1.82) is 0 Å². The van der Waals surface area contributed by atoms with Gasteiger partial charge in [0.25, 0.3) is 0 Å². The van der Waals surface area contributed by atoms with Gasteiger partial charge in [0, 0.05) is 14.2 Å². The Morgan fingerprint density at radius 1 is 1.20 bits per heavy atom. The van der Waals surface area contributed by atoms with E-state index in [2.05, 4.69) is 0 Å². The van der Waals surface area contributed by atoms with Gasteiger partial charge in [-0.3, -0.25) is 4.79 Å². The van der Waals surface area contributed by atoms with Gasteiger partial charge in [0.15, 0.2) is 5.78 Å². The molecule has 0 radical (unpaired) electrons. The highest BCUT2D eigenvalue weighted by molar-refractivity contribution is 5.89. The number of ketones is 1. The van der Waals surface area contributed by atoms with E-state index in [0.29, 0.717) is 0 Å². The Hall–Kier alpha value is -0.450. The number of hydrogen-bond acceptors (Lipinski definition) is 4. The lowest BCUT2D eigenvalue weighted by atomic mass is 9.87. The first-order valence-corrected chi connectivity index (χ1v) is 5.25. The summed E-state index contributed by atoms with van der Waals surface area (Å²) < 4.78 is 16.7. The lowest BCUT2D eigenvalue weighted by Crippen LogP contribution is -2.62. The predicted molar refractivity (Wildman–Crippen MR) is 53.5 cm³/mol. The van der Waals surface area contributed by atoms with Crippen molar-refractivity contribution in [1.82, 2.24) is 0 Å². The van der Waals surface area contributed by atoms with Crippen molar-refractivity contribution in [2.45, 2.75) is 50.1 Å². The molecule has 4 heteroatoms. The van der Waals surface area contributed by atoms with Crippen LogP contribution in [-0.4, -0.2) is 37.0 Å². The zero-order valence-corrected chi connectivity index (χ0v) is 9.75. The maximum Gasteiger partial charge on any atom is 0.204 e. The summed E-state index contributed by atoms with van der Waals surface area (Å²) in [6.07, 6.45) is 1.81. The number of hydrogen-bond donors (Lipinski definition) is 0. The Bertz CT molecular complexity index is 297. The number of rotatable bonds is 2. The minimum atomic E-state index is -0.917. The summed E-state index contributed by atoms with van der Waals surface area (Å²) in [6.45, 7) is 3.81. The van der Waals surface area contributed by atoms with Crippen LogP contribution >= 0.6 is 0 Å². The molecule has 2 rings (SSSR count). The fraction of sp³-hybridized carbons (Fsp3) is 0.909. The van der Waals surface area contributed by atoms with Crippen LogP contribution in [0.4, 0.5) is 0 Å². The maximum atomic E-state index is 12.0. The first kappa shape index (κ1) is 11.0. The van der Waals surface area contributed by atoms with Crippen molar-refractivity contribution in [3.8, 4) is 0 Å². The molecule has 86 valence electrons. The van der Waals surface area contributed by atoms with Gasteiger partial charge in [0.2, 0.25) is 5.79 Å². The van der Waals surface area contributed by atoms with E-state index in [1.807, 2.05) is 13.8 Å². The quantitative estimate of drug-likeness (QED) is 0.649. The summed E-state index contributed by atoms with van der Waals surface area (Å²) >= 11 is 0. The Labute approximate surface area is 89.9 Å². The molecule has 0 aromatic carbocycles. The molecule has 2 unspecified atom stereocenters. The standard InChI is InChI=1S/C11H18O4/c1-9-5-6-10(2,15-9)11(13-3,14-4)7-8(9)12/h5-7H2,1-4H3. The number of Topliss-reactive ketones (excluding diaryl/α,β-unsaturated/α-hetero) is 1. The lowest BCUT2D eigenvalue weighted by Gasteiger charge is -2.48. The van der Waals surface area contributed by atoms with Crippen LogP contribution in [0, 0.1) is 0 Å². The first-order valence-electron chi connectivity index (χ1n) is 5.25. The van der Waals surface area contributed by atoms with Gasteiger partial charge in [-0.25, -0.2) is 0 Å². The molecule has 0 aromatic rings. The molecule has 4 nitrogen and oxygen atoms in total. The Morgan fingerprint density at radius 2 is 1.80 bits per heavy atom. The normalized spacial score (nSPS) is 43.3. The van der Waals surface area contributed by atoms with Crippen LogP contribution < -0.4 is 0 Å². The van der Waals surface area contributed by atoms with Crippen molar-refractivity contribution in [3.05, 3.63) is 0 Å². The van der Waals surface area contributed by atoms with Gasteiger partial charge in [-0.1, -0.05) is 0 Å². The van der Waals surface area contributed by atoms with E-state index in [4.69, 9.17) is 14.2 Å². The molecular weight excluding hydrogens is 196 g/mol. The van der Waals surface area contributed by atoms with E-state index >= 15 is 0 Å². The zero-order valence-electron chi connectivity index (χ0n) is 9.75. The smallest absolute Gasteiger partial charge is 0.204 e. The SMILES string of the molecule is COC1(OC)CC(=O)C2(C)CCC1(C)O2. The second-order valence-corrected chi connectivity index (χ2v) is 4.82. The summed E-state index contributed by atoms with van der Waals surface area (Å²) in [7, 11) is 3.12. The van der Waals surface area contributed by atoms with Gasteiger partial charge in [-0.2, -0.15) is 0 Å². The fourth-order valence-corrected chi connectivity index (χ4v) is 2.79. The minimum Gasteiger partial charge on any atom is -0.356 e. The van der Waals surface area contributed by atoms with Crippen molar-refractivity contribution >= 4 is 5.78 Å². The van der Waals surface area contributed by atoms with E-state index in [1.54, 1.807) is 14.2 Å². The van der Waals surface area contributed by atoms with Crippen LogP contribution in [0.3, 0.4) is 0 Å². The van der Waals surface area contributed by atoms with E-state index in [0.717, 1.165) is 12.8 Å². The molecule has 2 fully saturated rings. The van der Waals surface area contributed by atoms with Gasteiger partial charge < -0.3 is 14.2 Å². The van der Waals surface area contributed by atoms with Crippen molar-refractivity contribution < 1.29 is 19.0 Å². The van der Waals surface area contributed by atoms with Crippen LogP contribution in [0.1, 0.15) is 33.1 Å². The third kappa shape index (κ3) is 1.22. The summed E-state index contributed by atoms with van der Waals surface area (Å²) in [4.78, 5) is 12.0. The van der Waals surface area contributed by atoms with Crippen LogP contribution in [-0.2, 0) is 19.0 Å². The molecule has 2 aliphatic heterocycles. The molecule has 0 saturated carbocycles. The zero-order chi connectivity index (χ0) is 11.3. The van der Waals surface area contributed by atoms with Crippen LogP contribution in [0.2, 0.25) is 0 Å². The average molecular weight is 214 g/mol. The van der Waals surface area contributed by atoms with E-state index in [1.165, 1.54) is 0 Å². The number of carbonyl (C=O) groups excluding carboxylic acids is 1. The molecule has 0 N–H and O–H groups in total. The molecular formula is C11H18O4. The number of methoxy groups -OCH3 is 2. The van der Waals surface area contributed by atoms with Crippen LogP contribution in [0.25, 0.3) is 0 Å². The van der Waals surface area contributed by atoms with Gasteiger partial charge in [0.05, 0.1) is 6.42 Å². The van der Waals surface area contributed by atoms with Gasteiger partial charge >= 0.3 is 0 Å². The van der Waals surface area contributed by atoms with Gasteiger partial charge in [-0.05, 0) is 26.7 Å². The predicted octanol–water partition coefficient (Wildman–Crippen LogP) is 1.28. The van der Waals surface area contributed by atoms with E-state index < -0.39 is 17.0 Å². The lowest BCUT2D eigenvalue weighted by molar-refractivity contribution is -0.324. The average Bonchev–Trinajstić information content (AvgIpc) is 2.50. The molecule has 0 spiro atoms. The van der Waals surface area contributed by atoms with Crippen molar-refractivity contribution in [2.24, 2.45) is 0 Å². The van der Waals surface area contributed by atoms with Crippen LogP contribution in [0.15, 0.2) is 0 Å². The van der Waals surface area contributed by atoms with Gasteiger partial charge in [0.1, 0.15) is 11.2 Å². The van der Waals surface area contributed by atoms with Crippen molar-refractivity contribution in [2.75, 3.05) is 14.2 Å². The first-order chi connectivity index (χ1) is 6.91. The highest BCUT2D eigenvalue weighted by atomic mass is 16.7. The Balaban J connectivity index is 2.41. The third-order valence-corrected chi connectivity index (χ3v) is 3.98. The molecule has 2 bridgehead atoms. The van der Waals surface area contributed by atoms with Gasteiger partial charge in [-0.15, -0.1) is 0 Å². The molecule has 2 atom stereocenters. The molecule has 2 heterocycles. The topological polar surface area (TPSA) is 44.8 Å². The van der Waals surface area contributed by atoms with Crippen molar-refractivity contribution in [3.63, 3.8) is 0 Å². The van der Waals surface area contributed by atoms with E-state index in [-0.39, 0.29) is 12.2 Å². The highest BCUT2D eigenvalue weighted by Gasteiger charge is 2.65. The summed E-state index contributed by atoms with van der Waals surface area (Å²) in [5.74, 6) is -0.846. The highest BCUT2D eigenvalue weighted by Crippen LogP contribution is 2.52. The second kappa shape index (κ2) is 3.03. The summed E-state index contributed by atoms with van der Waals surface area (Å²) in [5, 5.41) is 0. The molecule has 0 aromatic heterocycles. The second-order valence-electron chi connectivity index (χ2n) is 4.82. The Kier molecular flexibility index (Phi) is 2.23. The van der Waals surface area contributed by atoms with E-state index in [9.17, 15) is 4.79 Å². The number of ether oxygens (including phenoxy) is 3. The summed E-state index contributed by atoms with van der Waals surface area (Å²) in [5.41, 5.74) is -1.14. The molecule has 0 amide bonds. The monoisotopic (exact) mass is 214 g/mol. The third-order valence-electron chi connectivity index (χ3n) is 3.98. The molecule has 0 aliphatic carbocycles. The summed E-state index contributed by atoms with van der Waals surface area (Å²) in [6, 6.07) is 0. The fourth-order valence-electron chi connectivity index (χ4n) is 2.79. The number of carbonyl (C=O) groups is 1. The molecule has 2 saturated heterocycles. The largest absolute Gasteiger partial charge is 0.356 e. The van der Waals surface area contributed by atoms with Crippen LogP contribution in [0.5, 0.6) is 0 Å². The maximum absolute atomic E-state index is 12.0. The Morgan fingerprint density at radius 3 is 2.33 bits per heavy atom. The molecule has 15 heavy (non-hydrogen) atoms. The number of fused-ring (bicyclic) bond motifs is 2. The molecule has 2 aliphatic rings. The minimum absolute atomic E-state index is 0.0705.